The maximum absolute atomic E-state index is 15.5. The highest BCUT2D eigenvalue weighted by Gasteiger charge is 2.40. The zero-order chi connectivity index (χ0) is 32.7. The van der Waals surface area contributed by atoms with Gasteiger partial charge in [-0.3, -0.25) is 4.79 Å². The van der Waals surface area contributed by atoms with Crippen molar-refractivity contribution in [2.75, 3.05) is 7.11 Å². The number of ether oxygens (including phenoxy) is 1. The lowest BCUT2D eigenvalue weighted by Crippen LogP contribution is -2.43. The Morgan fingerprint density at radius 3 is 2.30 bits per heavy atom. The molecule has 2 aromatic heterocycles. The Morgan fingerprint density at radius 1 is 1.14 bits per heavy atom. The maximum Gasteiger partial charge on any atom is 0.404 e. The molecule has 43 heavy (non-hydrogen) atoms. The number of methoxy groups -OCH3 is 1. The molecule has 238 valence electrons. The monoisotopic (exact) mass is 658 g/mol. The molecule has 0 spiro atoms. The minimum atomic E-state index is -5.21. The van der Waals surface area contributed by atoms with Crippen LogP contribution >= 0.6 is 11.3 Å². The molecule has 0 aliphatic rings. The predicted octanol–water partition coefficient (Wildman–Crippen LogP) is 5.79. The number of carboxylic acids is 1. The van der Waals surface area contributed by atoms with Gasteiger partial charge in [0.1, 0.15) is 10.9 Å². The molecule has 3 aromatic rings. The minimum Gasteiger partial charge on any atom is -0.481 e. The van der Waals surface area contributed by atoms with E-state index in [9.17, 15) is 40.3 Å². The number of alkyl halides is 5. The fourth-order valence-electron chi connectivity index (χ4n) is 3.67. The van der Waals surface area contributed by atoms with Crippen molar-refractivity contribution in [2.24, 2.45) is 5.41 Å². The van der Waals surface area contributed by atoms with Crippen LogP contribution in [0.25, 0.3) is 21.3 Å². The summed E-state index contributed by atoms with van der Waals surface area (Å²) in [6.07, 6.45) is -8.77. The molecule has 0 amide bonds. The van der Waals surface area contributed by atoms with Gasteiger partial charge >= 0.3 is 12.1 Å². The molecule has 3 rings (SSSR count). The standard InChI is InChI=1S/C25H28F6N4O6S2/c1-11(25(29,30)31)35-43(38,39)14-8-7-12(16(17(14)26)19(27)28)18-13(9-24(4,5)40-6)32-21(42-18)20-34-33-15(41-20)10-23(2,3)22(36)37/h7-8,11,19,35H,9-10H2,1-6H3,(H,36,37)/t11-/m0/s1. The summed E-state index contributed by atoms with van der Waals surface area (Å²) in [6.45, 7) is 6.68. The Bertz CT molecular complexity index is 1600. The number of aliphatic carboxylic acids is 1. The van der Waals surface area contributed by atoms with Crippen LogP contribution in [-0.4, -0.2) is 59.6 Å². The van der Waals surface area contributed by atoms with Crippen LogP contribution in [0.3, 0.4) is 0 Å². The lowest BCUT2D eigenvalue weighted by molar-refractivity contribution is -0.147. The molecule has 2 N–H and O–H groups in total. The van der Waals surface area contributed by atoms with Crippen molar-refractivity contribution >= 4 is 27.3 Å². The van der Waals surface area contributed by atoms with Gasteiger partial charge in [0.15, 0.2) is 10.8 Å². The third-order valence-electron chi connectivity index (χ3n) is 6.38. The summed E-state index contributed by atoms with van der Waals surface area (Å²) in [7, 11) is -3.82. The molecule has 0 saturated heterocycles. The Hall–Kier alpha value is -3.09. The van der Waals surface area contributed by atoms with E-state index < -0.39 is 67.5 Å². The van der Waals surface area contributed by atoms with Gasteiger partial charge in [0.25, 0.3) is 12.3 Å². The summed E-state index contributed by atoms with van der Waals surface area (Å²) in [4.78, 5) is 14.4. The largest absolute Gasteiger partial charge is 0.481 e. The first-order valence-electron chi connectivity index (χ1n) is 12.4. The Balaban J connectivity index is 2.18. The van der Waals surface area contributed by atoms with Gasteiger partial charge in [-0.2, -0.15) is 17.9 Å². The van der Waals surface area contributed by atoms with Crippen molar-refractivity contribution in [1.29, 1.82) is 0 Å². The fraction of sp³-hybridized carbons (Fsp3) is 0.520. The lowest BCUT2D eigenvalue weighted by Gasteiger charge is -2.22. The van der Waals surface area contributed by atoms with E-state index in [2.05, 4.69) is 15.2 Å². The molecule has 0 aliphatic carbocycles. The second-order valence-corrected chi connectivity index (χ2v) is 13.5. The SMILES string of the molecule is COC(C)(C)Cc1nc(-c2nnc(CC(C)(C)C(=O)O)o2)sc1-c1ccc(S(=O)(=O)N[C@@H](C)C(F)(F)F)c(F)c1C(F)F. The normalized spacial score (nSPS) is 14.0. The molecule has 2 heterocycles. The van der Waals surface area contributed by atoms with Gasteiger partial charge in [0, 0.05) is 25.5 Å². The average Bonchev–Trinajstić information content (AvgIpc) is 3.48. The Labute approximate surface area is 246 Å². The van der Waals surface area contributed by atoms with E-state index >= 15 is 4.39 Å². The van der Waals surface area contributed by atoms with E-state index in [0.29, 0.717) is 13.0 Å². The van der Waals surface area contributed by atoms with E-state index in [1.807, 2.05) is 0 Å². The van der Waals surface area contributed by atoms with Crippen LogP contribution in [-0.2, 0) is 32.4 Å². The topological polar surface area (TPSA) is 145 Å². The zero-order valence-electron chi connectivity index (χ0n) is 23.6. The molecule has 0 radical (unpaired) electrons. The van der Waals surface area contributed by atoms with Gasteiger partial charge in [-0.1, -0.05) is 6.07 Å². The third kappa shape index (κ3) is 7.71. The molecular weight excluding hydrogens is 630 g/mol. The van der Waals surface area contributed by atoms with E-state index in [4.69, 9.17) is 9.15 Å². The van der Waals surface area contributed by atoms with E-state index in [1.165, 1.54) is 25.7 Å². The highest BCUT2D eigenvalue weighted by atomic mass is 32.2. The molecular formula is C25H28F6N4O6S2. The second kappa shape index (κ2) is 12.1. The predicted molar refractivity (Wildman–Crippen MR) is 142 cm³/mol. The number of benzene rings is 1. The van der Waals surface area contributed by atoms with Crippen LogP contribution in [0.1, 0.15) is 58.2 Å². The quantitative estimate of drug-likeness (QED) is 0.231. The molecule has 0 fully saturated rings. The molecule has 1 aromatic carbocycles. The summed E-state index contributed by atoms with van der Waals surface area (Å²) < 4.78 is 120. The molecule has 0 unspecified atom stereocenters. The highest BCUT2D eigenvalue weighted by molar-refractivity contribution is 7.89. The Morgan fingerprint density at radius 2 is 1.77 bits per heavy atom. The number of hydrogen-bond donors (Lipinski definition) is 2. The number of halogens is 6. The number of thiazole rings is 1. The fourth-order valence-corrected chi connectivity index (χ4v) is 6.03. The van der Waals surface area contributed by atoms with Gasteiger partial charge in [0.2, 0.25) is 15.9 Å². The molecule has 1 atom stereocenters. The maximum atomic E-state index is 15.5. The van der Waals surface area contributed by atoms with Gasteiger partial charge in [-0.25, -0.2) is 26.6 Å². The van der Waals surface area contributed by atoms with Gasteiger partial charge in [-0.05, 0) is 40.7 Å². The molecule has 0 saturated carbocycles. The lowest BCUT2D eigenvalue weighted by atomic mass is 9.90. The number of sulfonamides is 1. The van der Waals surface area contributed by atoms with Crippen LogP contribution in [0.15, 0.2) is 21.4 Å². The molecule has 0 bridgehead atoms. The van der Waals surface area contributed by atoms with Crippen LogP contribution in [0, 0.1) is 11.2 Å². The molecule has 18 heteroatoms. The van der Waals surface area contributed by atoms with E-state index in [0.717, 1.165) is 17.4 Å². The van der Waals surface area contributed by atoms with Gasteiger partial charge in [0.05, 0.1) is 27.2 Å². The van der Waals surface area contributed by atoms with Crippen molar-refractivity contribution in [3.05, 3.63) is 35.1 Å². The van der Waals surface area contributed by atoms with Gasteiger partial charge < -0.3 is 14.3 Å². The summed E-state index contributed by atoms with van der Waals surface area (Å²) >= 11 is 0.729. The minimum absolute atomic E-state index is 0.00164. The number of nitrogens with one attached hydrogen (secondary N) is 1. The Kier molecular flexibility index (Phi) is 9.70. The van der Waals surface area contributed by atoms with Crippen LogP contribution in [0.5, 0.6) is 0 Å². The number of aromatic nitrogens is 3. The van der Waals surface area contributed by atoms with Crippen LogP contribution in [0.2, 0.25) is 0 Å². The summed E-state index contributed by atoms with van der Waals surface area (Å²) in [5, 5.41) is 17.1. The first kappa shape index (κ1) is 34.4. The summed E-state index contributed by atoms with van der Waals surface area (Å²) in [5.74, 6) is -3.29. The van der Waals surface area contributed by atoms with Crippen molar-refractivity contribution in [1.82, 2.24) is 19.9 Å². The van der Waals surface area contributed by atoms with Crippen molar-refractivity contribution in [3.8, 4) is 21.3 Å². The smallest absolute Gasteiger partial charge is 0.404 e. The van der Waals surface area contributed by atoms with E-state index in [-0.39, 0.29) is 40.2 Å². The van der Waals surface area contributed by atoms with Crippen molar-refractivity contribution in [2.45, 2.75) is 76.6 Å². The number of nitrogens with zero attached hydrogens (tertiary/aromatic N) is 3. The van der Waals surface area contributed by atoms with Gasteiger partial charge in [-0.15, -0.1) is 21.5 Å². The third-order valence-corrected chi connectivity index (χ3v) is 9.06. The first-order valence-corrected chi connectivity index (χ1v) is 14.7. The van der Waals surface area contributed by atoms with Crippen molar-refractivity contribution in [3.63, 3.8) is 0 Å². The van der Waals surface area contributed by atoms with Crippen LogP contribution in [0.4, 0.5) is 26.3 Å². The first-order chi connectivity index (χ1) is 19.6. The molecule has 0 aliphatic heterocycles. The molecule has 10 nitrogen and oxygen atoms in total. The highest BCUT2D eigenvalue weighted by Crippen LogP contribution is 2.43. The second-order valence-electron chi connectivity index (χ2n) is 10.8. The average molecular weight is 659 g/mol. The van der Waals surface area contributed by atoms with E-state index in [1.54, 1.807) is 13.8 Å². The number of hydrogen-bond acceptors (Lipinski definition) is 9. The summed E-state index contributed by atoms with van der Waals surface area (Å²) in [5.41, 5.74) is -3.91. The zero-order valence-corrected chi connectivity index (χ0v) is 25.3. The number of rotatable bonds is 12. The number of carboxylic acid groups (broad SMARTS) is 1. The van der Waals surface area contributed by atoms with Crippen molar-refractivity contribution < 1.29 is 53.8 Å². The van der Waals surface area contributed by atoms with Crippen LogP contribution < -0.4 is 4.72 Å². The number of carbonyl (C=O) groups is 1. The summed E-state index contributed by atoms with van der Waals surface area (Å²) in [6, 6.07) is -1.18.